The smallest absolute Gasteiger partial charge is 0.406 e. The molecule has 2 saturated carbocycles. The number of rotatable bonds is 10. The van der Waals surface area contributed by atoms with Crippen LogP contribution < -0.4 is 15.4 Å². The Morgan fingerprint density at radius 3 is 2.53 bits per heavy atom. The van der Waals surface area contributed by atoms with Crippen LogP contribution in [-0.4, -0.2) is 75.2 Å². The van der Waals surface area contributed by atoms with E-state index in [9.17, 15) is 36.2 Å². The summed E-state index contributed by atoms with van der Waals surface area (Å²) >= 11 is 1.41. The van der Waals surface area contributed by atoms with Crippen molar-refractivity contribution in [3.63, 3.8) is 0 Å². The van der Waals surface area contributed by atoms with Gasteiger partial charge >= 0.3 is 6.36 Å². The van der Waals surface area contributed by atoms with Gasteiger partial charge in [-0.1, -0.05) is 6.07 Å². The van der Waals surface area contributed by atoms with Gasteiger partial charge in [-0.05, 0) is 45.2 Å². The minimum atomic E-state index is -4.97. The van der Waals surface area contributed by atoms with Crippen molar-refractivity contribution in [1.82, 2.24) is 19.9 Å². The second-order valence-electron chi connectivity index (χ2n) is 12.1. The Morgan fingerprint density at radius 2 is 1.87 bits per heavy atom. The normalized spacial score (nSPS) is 22.4. The number of anilines is 2. The maximum absolute atomic E-state index is 14.9. The van der Waals surface area contributed by atoms with E-state index in [1.807, 2.05) is 6.07 Å². The highest BCUT2D eigenvalue weighted by Gasteiger charge is 2.43. The average Bonchev–Trinajstić information content (AvgIpc) is 3.66. The second kappa shape index (κ2) is 12.4. The molecule has 0 bridgehead atoms. The van der Waals surface area contributed by atoms with Crippen molar-refractivity contribution in [2.24, 2.45) is 5.92 Å². The number of benzene rings is 1. The zero-order valence-corrected chi connectivity index (χ0v) is 27.0. The first-order valence-corrected chi connectivity index (χ1v) is 17.7. The summed E-state index contributed by atoms with van der Waals surface area (Å²) in [5.74, 6) is -2.05. The van der Waals surface area contributed by atoms with E-state index >= 15 is 0 Å². The lowest BCUT2D eigenvalue weighted by atomic mass is 10.1. The fraction of sp³-hybridized carbons (Fsp3) is 0.467. The van der Waals surface area contributed by atoms with Crippen LogP contribution in [0.5, 0.6) is 5.75 Å². The first-order chi connectivity index (χ1) is 22.1. The molecule has 0 saturated heterocycles. The van der Waals surface area contributed by atoms with Crippen LogP contribution in [-0.2, 0) is 9.84 Å². The topological polar surface area (TPSA) is 159 Å². The molecule has 11 nitrogen and oxygen atoms in total. The highest BCUT2D eigenvalue weighted by Crippen LogP contribution is 2.45. The Labute approximate surface area is 271 Å². The number of thiazole rings is 1. The number of aromatic nitrogens is 4. The highest BCUT2D eigenvalue weighted by atomic mass is 32.2. The van der Waals surface area contributed by atoms with Gasteiger partial charge in [0.2, 0.25) is 5.95 Å². The minimum Gasteiger partial charge on any atom is -0.406 e. The molecule has 0 unspecified atom stereocenters. The lowest BCUT2D eigenvalue weighted by Crippen LogP contribution is -2.36. The van der Waals surface area contributed by atoms with Crippen molar-refractivity contribution in [2.75, 3.05) is 22.6 Å². The molecule has 17 heteroatoms. The molecule has 3 aromatic heterocycles. The van der Waals surface area contributed by atoms with Gasteiger partial charge < -0.3 is 25.6 Å². The zero-order chi connectivity index (χ0) is 33.8. The molecule has 1 aromatic carbocycles. The van der Waals surface area contributed by atoms with Crippen LogP contribution in [0.15, 0.2) is 30.5 Å². The summed E-state index contributed by atoms with van der Waals surface area (Å²) in [6, 6.07) is 3.09. The number of ether oxygens (including phenoxy) is 1. The molecule has 4 N–H and O–H groups in total. The van der Waals surface area contributed by atoms with E-state index in [0.29, 0.717) is 28.2 Å². The van der Waals surface area contributed by atoms with Crippen LogP contribution in [0.25, 0.3) is 20.8 Å². The van der Waals surface area contributed by atoms with Gasteiger partial charge in [-0.15, -0.1) is 24.5 Å². The molecule has 2 aliphatic carbocycles. The fourth-order valence-corrected chi connectivity index (χ4v) is 8.14. The van der Waals surface area contributed by atoms with E-state index in [-0.39, 0.29) is 29.5 Å². The summed E-state index contributed by atoms with van der Waals surface area (Å²) in [7, 11) is -3.44. The SMILES string of the molecule is Cc1nc(N[C@H](C)c2ccc(OC(F)(F)F)cc2F)nc(N[C@@H]2C[C@H](CS(C)(=O)=O)[C@@H](O)[C@H]2O)c1-c1nc2c(C3CC3)nccc2s1. The first-order valence-electron chi connectivity index (χ1n) is 14.8. The van der Waals surface area contributed by atoms with Gasteiger partial charge in [0.05, 0.1) is 45.6 Å². The van der Waals surface area contributed by atoms with Crippen molar-refractivity contribution in [2.45, 2.75) is 69.7 Å². The third kappa shape index (κ3) is 7.42. The van der Waals surface area contributed by atoms with E-state index in [1.54, 1.807) is 20.0 Å². The molecular formula is C30H32F4N6O5S2. The van der Waals surface area contributed by atoms with E-state index in [4.69, 9.17) is 4.98 Å². The molecule has 0 aliphatic heterocycles. The molecule has 4 aromatic rings. The third-order valence-corrected chi connectivity index (χ3v) is 10.3. The summed E-state index contributed by atoms with van der Waals surface area (Å²) in [5.41, 5.74) is 2.70. The number of nitrogens with one attached hydrogen (secondary N) is 2. The summed E-state index contributed by atoms with van der Waals surface area (Å²) in [6.07, 6.45) is -2.58. The van der Waals surface area contributed by atoms with Crippen molar-refractivity contribution in [1.29, 1.82) is 0 Å². The molecule has 6 rings (SSSR count). The molecule has 5 atom stereocenters. The number of alkyl halides is 3. The summed E-state index contributed by atoms with van der Waals surface area (Å²) < 4.78 is 81.4. The number of pyridine rings is 1. The Morgan fingerprint density at radius 1 is 1.13 bits per heavy atom. The number of nitrogens with zero attached hydrogens (tertiary/aromatic N) is 4. The minimum absolute atomic E-state index is 0.0311. The molecule has 2 aliphatic rings. The van der Waals surface area contributed by atoms with E-state index in [0.717, 1.165) is 41.1 Å². The number of halogens is 4. The Hall–Kier alpha value is -3.67. The van der Waals surface area contributed by atoms with E-state index in [2.05, 4.69) is 30.3 Å². The van der Waals surface area contributed by atoms with E-state index in [1.165, 1.54) is 17.4 Å². The van der Waals surface area contributed by atoms with Gasteiger partial charge in [-0.2, -0.15) is 4.98 Å². The number of hydrogen-bond donors (Lipinski definition) is 4. The van der Waals surface area contributed by atoms with Crippen molar-refractivity contribution in [3.05, 3.63) is 53.2 Å². The lowest BCUT2D eigenvalue weighted by Gasteiger charge is -2.22. The van der Waals surface area contributed by atoms with Gasteiger partial charge in [0.1, 0.15) is 43.9 Å². The Balaban J connectivity index is 1.35. The number of aliphatic hydroxyl groups is 2. The van der Waals surface area contributed by atoms with Crippen molar-refractivity contribution >= 4 is 43.2 Å². The Kier molecular flexibility index (Phi) is 8.78. The molecule has 3 heterocycles. The monoisotopic (exact) mass is 696 g/mol. The van der Waals surface area contributed by atoms with Gasteiger partial charge in [-0.3, -0.25) is 4.98 Å². The van der Waals surface area contributed by atoms with Crippen LogP contribution >= 0.6 is 11.3 Å². The molecule has 252 valence electrons. The van der Waals surface area contributed by atoms with Gasteiger partial charge in [0, 0.05) is 35.9 Å². The van der Waals surface area contributed by atoms with Gasteiger partial charge in [-0.25, -0.2) is 22.8 Å². The summed E-state index contributed by atoms with van der Waals surface area (Å²) in [6.45, 7) is 3.30. The van der Waals surface area contributed by atoms with Crippen LogP contribution in [0.4, 0.5) is 29.3 Å². The molecule has 0 radical (unpaired) electrons. The number of sulfone groups is 1. The van der Waals surface area contributed by atoms with Crippen LogP contribution in [0.2, 0.25) is 0 Å². The standard InChI is InChI=1S/C30H32F4N6O5S2/c1-13(18-7-6-17(11-19(18)31)45-30(32,33)34)36-29-37-14(2)22(28-39-24-21(46-28)8-9-35-23(24)15-4-5-15)27(40-29)38-20-10-16(12-47(3,43)44)25(41)26(20)42/h6-9,11,13,15-16,20,25-26,41-42H,4-5,10,12H2,1-3H3,(H2,36,37,38,40)/t13-,16-,20-,25-,26+/m1/s1. The largest absolute Gasteiger partial charge is 0.573 e. The van der Waals surface area contributed by atoms with Crippen LogP contribution in [0.3, 0.4) is 0 Å². The number of fused-ring (bicyclic) bond motifs is 1. The number of aryl methyl sites for hydroxylation is 1. The Bertz CT molecular complexity index is 1920. The highest BCUT2D eigenvalue weighted by molar-refractivity contribution is 7.90. The average molecular weight is 697 g/mol. The van der Waals surface area contributed by atoms with Crippen molar-refractivity contribution < 1.29 is 40.9 Å². The molecule has 2 fully saturated rings. The zero-order valence-electron chi connectivity index (χ0n) is 25.4. The molecule has 0 amide bonds. The maximum Gasteiger partial charge on any atom is 0.573 e. The lowest BCUT2D eigenvalue weighted by molar-refractivity contribution is -0.274. The van der Waals surface area contributed by atoms with Crippen LogP contribution in [0.1, 0.15) is 55.1 Å². The predicted molar refractivity (Wildman–Crippen MR) is 168 cm³/mol. The third-order valence-electron chi connectivity index (χ3n) is 8.26. The van der Waals surface area contributed by atoms with Gasteiger partial charge in [0.25, 0.3) is 0 Å². The van der Waals surface area contributed by atoms with Gasteiger partial charge in [0.15, 0.2) is 0 Å². The quantitative estimate of drug-likeness (QED) is 0.163. The van der Waals surface area contributed by atoms with Crippen LogP contribution in [0, 0.1) is 18.7 Å². The summed E-state index contributed by atoms with van der Waals surface area (Å²) in [5, 5.41) is 28.3. The fourth-order valence-electron chi connectivity index (χ4n) is 5.96. The number of hydrogen-bond acceptors (Lipinski definition) is 12. The van der Waals surface area contributed by atoms with E-state index < -0.39 is 58.0 Å². The molecule has 47 heavy (non-hydrogen) atoms. The second-order valence-corrected chi connectivity index (χ2v) is 15.3. The van der Waals surface area contributed by atoms with Crippen molar-refractivity contribution in [3.8, 4) is 16.3 Å². The predicted octanol–water partition coefficient (Wildman–Crippen LogP) is 5.11. The molecular weight excluding hydrogens is 664 g/mol. The maximum atomic E-state index is 14.9. The molecule has 0 spiro atoms. The first kappa shape index (κ1) is 33.2. The number of aliphatic hydroxyl groups excluding tert-OH is 2. The summed E-state index contributed by atoms with van der Waals surface area (Å²) in [4.78, 5) is 18.7.